The zero-order valence-corrected chi connectivity index (χ0v) is 10.9. The van der Waals surface area contributed by atoms with Gasteiger partial charge >= 0.3 is 0 Å². The van der Waals surface area contributed by atoms with E-state index in [0.717, 1.165) is 11.8 Å². The van der Waals surface area contributed by atoms with Crippen LogP contribution in [-0.2, 0) is 0 Å². The molecule has 0 N–H and O–H groups in total. The predicted octanol–water partition coefficient (Wildman–Crippen LogP) is 4.95. The Hall–Kier alpha value is -0.260. The van der Waals surface area contributed by atoms with Crippen LogP contribution in [0.25, 0.3) is 0 Å². The summed E-state index contributed by atoms with van der Waals surface area (Å²) in [6, 6.07) is 0. The number of fused-ring (bicyclic) bond motifs is 1. The second-order valence-electron chi connectivity index (χ2n) is 6.42. The van der Waals surface area contributed by atoms with Gasteiger partial charge < -0.3 is 0 Å². The Morgan fingerprint density at radius 3 is 2.67 bits per heavy atom. The van der Waals surface area contributed by atoms with E-state index in [-0.39, 0.29) is 0 Å². The van der Waals surface area contributed by atoms with Crippen LogP contribution in [0.3, 0.4) is 0 Å². The molecule has 0 radical (unpaired) electrons. The summed E-state index contributed by atoms with van der Waals surface area (Å²) in [6.07, 6.45) is 8.56. The van der Waals surface area contributed by atoms with Crippen molar-refractivity contribution in [3.8, 4) is 0 Å². The number of allylic oxidation sites excluding steroid dienone is 2. The molecule has 0 bridgehead atoms. The summed E-state index contributed by atoms with van der Waals surface area (Å²) in [4.78, 5) is 0. The van der Waals surface area contributed by atoms with Gasteiger partial charge in [-0.2, -0.15) is 0 Å². The lowest BCUT2D eigenvalue weighted by Gasteiger charge is -2.45. The maximum absolute atomic E-state index is 2.52. The Morgan fingerprint density at radius 1 is 1.27 bits per heavy atom. The summed E-state index contributed by atoms with van der Waals surface area (Å²) in [5.41, 5.74) is 4.17. The Kier molecular flexibility index (Phi) is 2.96. The molecule has 15 heavy (non-hydrogen) atoms. The molecule has 0 aromatic heterocycles. The van der Waals surface area contributed by atoms with Gasteiger partial charge in [0.25, 0.3) is 0 Å². The average molecular weight is 206 g/mol. The molecule has 0 heteroatoms. The minimum atomic E-state index is 0.591. The number of hydrogen-bond acceptors (Lipinski definition) is 0. The smallest absolute Gasteiger partial charge is 0.0113 e. The van der Waals surface area contributed by atoms with Crippen LogP contribution >= 0.6 is 0 Å². The van der Waals surface area contributed by atoms with E-state index in [2.05, 4.69) is 27.7 Å². The quantitative estimate of drug-likeness (QED) is 0.532. The highest BCUT2D eigenvalue weighted by molar-refractivity contribution is 5.25. The fourth-order valence-electron chi connectivity index (χ4n) is 3.69. The van der Waals surface area contributed by atoms with Crippen LogP contribution in [0, 0.1) is 17.3 Å². The van der Waals surface area contributed by atoms with E-state index in [9.17, 15) is 0 Å². The van der Waals surface area contributed by atoms with Crippen LogP contribution < -0.4 is 0 Å². The second kappa shape index (κ2) is 3.96. The zero-order valence-electron chi connectivity index (χ0n) is 10.9. The fraction of sp³-hybridized carbons (Fsp3) is 0.867. The van der Waals surface area contributed by atoms with Crippen molar-refractivity contribution in [2.75, 3.05) is 0 Å². The largest absolute Gasteiger partial charge is 0.0736 e. The van der Waals surface area contributed by atoms with E-state index in [1.807, 2.05) is 5.57 Å². The highest BCUT2D eigenvalue weighted by Gasteiger charge is 2.38. The molecular weight excluding hydrogens is 180 g/mol. The molecule has 0 aromatic carbocycles. The molecule has 0 saturated heterocycles. The molecule has 2 aliphatic rings. The zero-order chi connectivity index (χ0) is 11.1. The highest BCUT2D eigenvalue weighted by atomic mass is 14.4. The summed E-state index contributed by atoms with van der Waals surface area (Å²) in [7, 11) is 0. The van der Waals surface area contributed by atoms with Gasteiger partial charge in [0.1, 0.15) is 0 Å². The van der Waals surface area contributed by atoms with E-state index in [1.54, 1.807) is 5.57 Å². The predicted molar refractivity (Wildman–Crippen MR) is 66.8 cm³/mol. The van der Waals surface area contributed by atoms with Gasteiger partial charge in [-0.15, -0.1) is 0 Å². The maximum atomic E-state index is 2.52. The minimum Gasteiger partial charge on any atom is -0.0736 e. The van der Waals surface area contributed by atoms with Gasteiger partial charge in [0, 0.05) is 0 Å². The van der Waals surface area contributed by atoms with Crippen molar-refractivity contribution >= 4 is 0 Å². The number of hydrogen-bond donors (Lipinski definition) is 0. The van der Waals surface area contributed by atoms with E-state index in [1.165, 1.54) is 38.5 Å². The van der Waals surface area contributed by atoms with Crippen molar-refractivity contribution in [1.29, 1.82) is 0 Å². The SMILES string of the molecule is CC1=C2C[C@H](C(C)C)CC[C@@]2(C)CCC1. The van der Waals surface area contributed by atoms with Gasteiger partial charge in [-0.05, 0) is 62.7 Å². The van der Waals surface area contributed by atoms with Crippen molar-refractivity contribution < 1.29 is 0 Å². The molecular formula is C15H26. The summed E-state index contributed by atoms with van der Waals surface area (Å²) < 4.78 is 0. The monoisotopic (exact) mass is 206 g/mol. The third-order valence-corrected chi connectivity index (χ3v) is 5.00. The first-order valence-electron chi connectivity index (χ1n) is 6.72. The first-order valence-corrected chi connectivity index (χ1v) is 6.72. The standard InChI is InChI=1S/C15H26/c1-11(2)13-7-9-15(4)8-5-6-12(3)14(15)10-13/h11,13H,5-10H2,1-4H3/t13-,15-/m1/s1. The van der Waals surface area contributed by atoms with Crippen molar-refractivity contribution in [2.24, 2.45) is 17.3 Å². The lowest BCUT2D eigenvalue weighted by molar-refractivity contribution is 0.187. The molecule has 2 aliphatic carbocycles. The van der Waals surface area contributed by atoms with E-state index in [0.29, 0.717) is 5.41 Å². The second-order valence-corrected chi connectivity index (χ2v) is 6.42. The van der Waals surface area contributed by atoms with Crippen molar-refractivity contribution in [2.45, 2.75) is 66.2 Å². The molecule has 1 fully saturated rings. The van der Waals surface area contributed by atoms with Crippen LogP contribution in [0.2, 0.25) is 0 Å². The molecule has 2 rings (SSSR count). The average Bonchev–Trinajstić information content (AvgIpc) is 2.17. The van der Waals surface area contributed by atoms with Gasteiger partial charge in [-0.1, -0.05) is 31.9 Å². The van der Waals surface area contributed by atoms with Crippen molar-refractivity contribution in [3.05, 3.63) is 11.1 Å². The summed E-state index contributed by atoms with van der Waals surface area (Å²) in [6.45, 7) is 9.69. The van der Waals surface area contributed by atoms with Crippen LogP contribution in [-0.4, -0.2) is 0 Å². The topological polar surface area (TPSA) is 0 Å². The Morgan fingerprint density at radius 2 is 2.00 bits per heavy atom. The van der Waals surface area contributed by atoms with Crippen molar-refractivity contribution in [1.82, 2.24) is 0 Å². The first-order chi connectivity index (χ1) is 7.03. The molecule has 0 aliphatic heterocycles. The Labute approximate surface area is 95.1 Å². The summed E-state index contributed by atoms with van der Waals surface area (Å²) in [5.74, 6) is 1.83. The summed E-state index contributed by atoms with van der Waals surface area (Å²) >= 11 is 0. The highest BCUT2D eigenvalue weighted by Crippen LogP contribution is 2.52. The van der Waals surface area contributed by atoms with E-state index in [4.69, 9.17) is 0 Å². The van der Waals surface area contributed by atoms with Crippen LogP contribution in [0.1, 0.15) is 66.2 Å². The molecule has 86 valence electrons. The summed E-state index contributed by atoms with van der Waals surface area (Å²) in [5, 5.41) is 0. The molecule has 0 heterocycles. The lowest BCUT2D eigenvalue weighted by atomic mass is 9.60. The molecule has 0 aromatic rings. The third kappa shape index (κ3) is 2.00. The van der Waals surface area contributed by atoms with Gasteiger partial charge in [0.2, 0.25) is 0 Å². The van der Waals surface area contributed by atoms with Crippen LogP contribution in [0.5, 0.6) is 0 Å². The first kappa shape index (κ1) is 11.2. The van der Waals surface area contributed by atoms with E-state index < -0.39 is 0 Å². The molecule has 2 atom stereocenters. The van der Waals surface area contributed by atoms with Crippen LogP contribution in [0.4, 0.5) is 0 Å². The van der Waals surface area contributed by atoms with Gasteiger partial charge in [-0.3, -0.25) is 0 Å². The Balaban J connectivity index is 2.22. The van der Waals surface area contributed by atoms with E-state index >= 15 is 0 Å². The molecule has 1 saturated carbocycles. The molecule has 0 unspecified atom stereocenters. The van der Waals surface area contributed by atoms with Crippen molar-refractivity contribution in [3.63, 3.8) is 0 Å². The maximum Gasteiger partial charge on any atom is -0.0113 e. The number of rotatable bonds is 1. The minimum absolute atomic E-state index is 0.591. The van der Waals surface area contributed by atoms with Gasteiger partial charge in [0.15, 0.2) is 0 Å². The fourth-order valence-corrected chi connectivity index (χ4v) is 3.69. The molecule has 0 amide bonds. The lowest BCUT2D eigenvalue weighted by Crippen LogP contribution is -2.32. The van der Waals surface area contributed by atoms with Gasteiger partial charge in [-0.25, -0.2) is 0 Å². The molecule has 0 spiro atoms. The normalized spacial score (nSPS) is 37.0. The van der Waals surface area contributed by atoms with Gasteiger partial charge in [0.05, 0.1) is 0 Å². The Bertz CT molecular complexity index is 272. The molecule has 0 nitrogen and oxygen atoms in total. The van der Waals surface area contributed by atoms with Crippen LogP contribution in [0.15, 0.2) is 11.1 Å². The third-order valence-electron chi connectivity index (χ3n) is 5.00.